The first-order valence-electron chi connectivity index (χ1n) is 11.0. The number of carbonyl (C=O) groups is 2. The number of halogens is 1. The summed E-state index contributed by atoms with van der Waals surface area (Å²) in [5, 5.41) is 15.0. The van der Waals surface area contributed by atoms with Gasteiger partial charge in [0.15, 0.2) is 0 Å². The van der Waals surface area contributed by atoms with Gasteiger partial charge in [-0.25, -0.2) is 14.7 Å². The van der Waals surface area contributed by atoms with Crippen molar-refractivity contribution in [1.82, 2.24) is 20.9 Å². The van der Waals surface area contributed by atoms with Crippen LogP contribution in [0.3, 0.4) is 0 Å². The number of morpholine rings is 1. The maximum atomic E-state index is 13.9. The fourth-order valence-electron chi connectivity index (χ4n) is 4.03. The quantitative estimate of drug-likeness (QED) is 0.520. The number of aryl methyl sites for hydroxylation is 1. The molecule has 2 aromatic carbocycles. The number of hydrogen-bond donors (Lipinski definition) is 3. The number of fused-ring (bicyclic) bond motifs is 3. The van der Waals surface area contributed by atoms with Crippen molar-refractivity contribution in [3.8, 4) is 0 Å². The topological polar surface area (TPSA) is 106 Å². The van der Waals surface area contributed by atoms with E-state index in [1.807, 2.05) is 13.0 Å². The van der Waals surface area contributed by atoms with E-state index >= 15 is 0 Å². The van der Waals surface area contributed by atoms with Crippen LogP contribution in [0.4, 0.5) is 15.9 Å². The summed E-state index contributed by atoms with van der Waals surface area (Å²) in [4.78, 5) is 29.4. The molecule has 173 valence electrons. The predicted molar refractivity (Wildman–Crippen MR) is 126 cm³/mol. The molecule has 2 aliphatic heterocycles. The number of nitrogens with one attached hydrogen (secondary N) is 3. The minimum atomic E-state index is -0.419. The van der Waals surface area contributed by atoms with Crippen LogP contribution in [-0.4, -0.2) is 49.1 Å². The Bertz CT molecular complexity index is 1420. The summed E-state index contributed by atoms with van der Waals surface area (Å²) in [6.07, 6.45) is 2.75. The van der Waals surface area contributed by atoms with Crippen LogP contribution in [0.1, 0.15) is 15.9 Å². The number of pyridine rings is 1. The summed E-state index contributed by atoms with van der Waals surface area (Å²) in [7, 11) is 0. The van der Waals surface area contributed by atoms with Gasteiger partial charge < -0.3 is 20.7 Å². The van der Waals surface area contributed by atoms with Crippen molar-refractivity contribution < 1.29 is 18.7 Å². The van der Waals surface area contributed by atoms with Gasteiger partial charge in [-0.3, -0.25) is 9.59 Å². The Labute approximate surface area is 194 Å². The molecule has 1 unspecified atom stereocenters. The zero-order valence-corrected chi connectivity index (χ0v) is 18.5. The first-order valence-corrected chi connectivity index (χ1v) is 11.0. The molecule has 9 heteroatoms. The van der Waals surface area contributed by atoms with Gasteiger partial charge in [0.1, 0.15) is 11.6 Å². The second-order valence-electron chi connectivity index (χ2n) is 8.25. The molecular weight excluding hydrogens is 437 g/mol. The molecule has 0 spiro atoms. The van der Waals surface area contributed by atoms with E-state index in [1.165, 1.54) is 24.4 Å². The molecule has 5 rings (SSSR count). The molecule has 1 saturated heterocycles. The highest BCUT2D eigenvalue weighted by molar-refractivity contribution is 6.08. The number of aromatic nitrogens is 1. The molecular formula is C25H23FN5O3. The molecule has 2 aliphatic rings. The molecule has 0 aliphatic carbocycles. The van der Waals surface area contributed by atoms with Crippen LogP contribution in [-0.2, 0) is 9.53 Å². The lowest BCUT2D eigenvalue weighted by atomic mass is 10.1. The number of amides is 2. The Kier molecular flexibility index (Phi) is 5.95. The van der Waals surface area contributed by atoms with E-state index in [0.717, 1.165) is 12.1 Å². The molecule has 1 aromatic heterocycles. The summed E-state index contributed by atoms with van der Waals surface area (Å²) in [5.41, 5.74) is 2.60. The van der Waals surface area contributed by atoms with Gasteiger partial charge in [-0.15, -0.1) is 0 Å². The number of hydrogen-bond acceptors (Lipinski definition) is 6. The zero-order valence-electron chi connectivity index (χ0n) is 18.5. The molecule has 1 radical (unpaired) electrons. The lowest BCUT2D eigenvalue weighted by Gasteiger charge is -2.23. The molecule has 8 nitrogen and oxygen atoms in total. The number of ether oxygens (including phenoxy) is 1. The summed E-state index contributed by atoms with van der Waals surface area (Å²) >= 11 is 0. The van der Waals surface area contributed by atoms with Crippen molar-refractivity contribution in [2.75, 3.05) is 31.6 Å². The third kappa shape index (κ3) is 4.48. The van der Waals surface area contributed by atoms with Gasteiger partial charge >= 0.3 is 0 Å². The van der Waals surface area contributed by atoms with E-state index in [0.29, 0.717) is 58.1 Å². The maximum absolute atomic E-state index is 13.9. The van der Waals surface area contributed by atoms with Gasteiger partial charge in [0.2, 0.25) is 0 Å². The summed E-state index contributed by atoms with van der Waals surface area (Å²) < 4.78 is 19.5. The Balaban J connectivity index is 1.47. The Morgan fingerprint density at radius 2 is 2.12 bits per heavy atom. The van der Waals surface area contributed by atoms with Crippen LogP contribution in [0.2, 0.25) is 0 Å². The molecule has 0 saturated carbocycles. The normalized spacial score (nSPS) is 17.2. The van der Waals surface area contributed by atoms with Crippen LogP contribution in [0.5, 0.6) is 0 Å². The number of anilines is 2. The van der Waals surface area contributed by atoms with E-state index < -0.39 is 11.7 Å². The minimum Gasteiger partial charge on any atom is -0.374 e. The van der Waals surface area contributed by atoms with Crippen LogP contribution < -0.4 is 31.7 Å². The van der Waals surface area contributed by atoms with Crippen molar-refractivity contribution in [3.63, 3.8) is 0 Å². The summed E-state index contributed by atoms with van der Waals surface area (Å²) in [6, 6.07) is 9.63. The van der Waals surface area contributed by atoms with Crippen LogP contribution in [0.25, 0.3) is 23.2 Å². The smallest absolute Gasteiger partial charge is 0.270 e. The van der Waals surface area contributed by atoms with E-state index in [-0.39, 0.29) is 12.0 Å². The zero-order chi connectivity index (χ0) is 23.7. The Morgan fingerprint density at radius 3 is 2.94 bits per heavy atom. The summed E-state index contributed by atoms with van der Waals surface area (Å²) in [6.45, 7) is 4.45. The van der Waals surface area contributed by atoms with Gasteiger partial charge in [0.25, 0.3) is 11.8 Å². The Morgan fingerprint density at radius 1 is 1.24 bits per heavy atom. The number of nitrogens with zero attached hydrogens (tertiary/aromatic N) is 2. The largest absolute Gasteiger partial charge is 0.374 e. The van der Waals surface area contributed by atoms with Crippen molar-refractivity contribution in [2.24, 2.45) is 0 Å². The second kappa shape index (κ2) is 9.20. The number of benzene rings is 2. The van der Waals surface area contributed by atoms with Crippen molar-refractivity contribution in [1.29, 1.82) is 0 Å². The van der Waals surface area contributed by atoms with Crippen LogP contribution >= 0.6 is 0 Å². The lowest BCUT2D eigenvalue weighted by molar-refractivity contribution is -0.114. The highest BCUT2D eigenvalue weighted by atomic mass is 19.1. The van der Waals surface area contributed by atoms with Gasteiger partial charge in [-0.1, -0.05) is 6.07 Å². The van der Waals surface area contributed by atoms with Crippen molar-refractivity contribution >= 4 is 46.5 Å². The van der Waals surface area contributed by atoms with Gasteiger partial charge in [-0.05, 0) is 42.8 Å². The van der Waals surface area contributed by atoms with Gasteiger partial charge in [-0.2, -0.15) is 0 Å². The first kappa shape index (κ1) is 22.0. The van der Waals surface area contributed by atoms with E-state index in [2.05, 4.69) is 26.3 Å². The fraction of sp³-hybridized carbons (Fsp3) is 0.240. The Hall–Kier alpha value is -3.82. The van der Waals surface area contributed by atoms with Crippen molar-refractivity contribution in [2.45, 2.75) is 13.0 Å². The van der Waals surface area contributed by atoms with Crippen LogP contribution in [0.15, 0.2) is 36.4 Å². The van der Waals surface area contributed by atoms with Gasteiger partial charge in [0.05, 0.1) is 18.2 Å². The average molecular weight is 460 g/mol. The molecule has 0 bridgehead atoms. The molecule has 3 heterocycles. The second-order valence-corrected chi connectivity index (χ2v) is 8.25. The number of rotatable bonds is 5. The average Bonchev–Trinajstić information content (AvgIpc) is 2.85. The third-order valence-corrected chi connectivity index (χ3v) is 5.86. The molecule has 3 N–H and O–H groups in total. The molecule has 1 atom stereocenters. The third-order valence-electron chi connectivity index (χ3n) is 5.86. The number of carbonyl (C=O) groups excluding carboxylic acids is 2. The minimum absolute atomic E-state index is 0.0614. The monoisotopic (exact) mass is 460 g/mol. The van der Waals surface area contributed by atoms with E-state index in [9.17, 15) is 14.0 Å². The highest BCUT2D eigenvalue weighted by Crippen LogP contribution is 2.21. The lowest BCUT2D eigenvalue weighted by Crippen LogP contribution is -2.45. The predicted octanol–water partition coefficient (Wildman–Crippen LogP) is 0.807. The molecule has 1 fully saturated rings. The fourth-order valence-corrected chi connectivity index (χ4v) is 4.03. The highest BCUT2D eigenvalue weighted by Gasteiger charge is 2.17. The molecule has 2 amide bonds. The maximum Gasteiger partial charge on any atom is 0.270 e. The van der Waals surface area contributed by atoms with E-state index in [4.69, 9.17) is 4.74 Å². The van der Waals surface area contributed by atoms with E-state index in [1.54, 1.807) is 18.2 Å². The summed E-state index contributed by atoms with van der Waals surface area (Å²) in [5.74, 6) is -0.602. The van der Waals surface area contributed by atoms with Crippen LogP contribution in [0, 0.1) is 12.7 Å². The molecule has 34 heavy (non-hydrogen) atoms. The van der Waals surface area contributed by atoms with Crippen molar-refractivity contribution in [3.05, 3.63) is 63.8 Å². The first-order chi connectivity index (χ1) is 16.5. The standard InChI is InChI=1S/C25H23FN5O3/c1-14-2-3-15(25(33)29-12-17-11-27-6-7-34-17)8-22(14)31-24-19-10-23(32)28-13-20(19)18-9-16(26)4-5-21(18)30-24/h2-5,8-10,13,17,27H,6-7,11-12H2,1H3,(H,29,33)(H,30,31). The van der Waals surface area contributed by atoms with Gasteiger partial charge in [0, 0.05) is 59.0 Å². The SMILES string of the molecule is Cc1ccc(C(=O)NCC2CNCCO2)cc1Nc1nc2ccc(F)cc2c2c1=CC(=O)[N]C=2. The molecule has 3 aromatic rings.